The Morgan fingerprint density at radius 1 is 1.05 bits per heavy atom. The van der Waals surface area contributed by atoms with Gasteiger partial charge in [-0.1, -0.05) is 23.4 Å². The van der Waals surface area contributed by atoms with E-state index in [1.165, 1.54) is 10.7 Å². The molecule has 2 aromatic carbocycles. The van der Waals surface area contributed by atoms with E-state index in [1.807, 2.05) is 18.2 Å². The van der Waals surface area contributed by atoms with E-state index < -0.39 is 10.0 Å². The van der Waals surface area contributed by atoms with Crippen molar-refractivity contribution in [3.05, 3.63) is 42.5 Å². The van der Waals surface area contributed by atoms with Gasteiger partial charge >= 0.3 is 0 Å². The predicted octanol–water partition coefficient (Wildman–Crippen LogP) is 0.650. The van der Waals surface area contributed by atoms with Gasteiger partial charge in [0.05, 0.1) is 16.9 Å². The number of aromatic nitrogens is 3. The quantitative estimate of drug-likeness (QED) is 0.672. The molecular weight excluding hydrogens is 278 g/mol. The van der Waals surface area contributed by atoms with E-state index in [-0.39, 0.29) is 10.6 Å². The minimum atomic E-state index is -3.89. The van der Waals surface area contributed by atoms with Gasteiger partial charge in [0.2, 0.25) is 10.0 Å². The second-order valence-electron chi connectivity index (χ2n) is 4.22. The van der Waals surface area contributed by atoms with Gasteiger partial charge in [-0.3, -0.25) is 0 Å². The van der Waals surface area contributed by atoms with Gasteiger partial charge in [-0.25, -0.2) is 18.2 Å². The largest absolute Gasteiger partial charge is 0.396 e. The van der Waals surface area contributed by atoms with E-state index in [2.05, 4.69) is 10.3 Å². The summed E-state index contributed by atoms with van der Waals surface area (Å²) < 4.78 is 24.5. The van der Waals surface area contributed by atoms with Gasteiger partial charge in [0, 0.05) is 0 Å². The van der Waals surface area contributed by atoms with Gasteiger partial charge in [-0.2, -0.15) is 0 Å². The highest BCUT2D eigenvalue weighted by molar-refractivity contribution is 7.89. The normalized spacial score (nSPS) is 11.8. The fourth-order valence-corrected chi connectivity index (χ4v) is 2.69. The van der Waals surface area contributed by atoms with Crippen molar-refractivity contribution in [3.8, 4) is 5.69 Å². The van der Waals surface area contributed by atoms with Crippen molar-refractivity contribution in [2.75, 3.05) is 5.73 Å². The average Bonchev–Trinajstić information content (AvgIpc) is 2.81. The van der Waals surface area contributed by atoms with Gasteiger partial charge in [0.25, 0.3) is 0 Å². The highest BCUT2D eigenvalue weighted by Gasteiger charge is 2.17. The van der Waals surface area contributed by atoms with Crippen LogP contribution in [0.15, 0.2) is 47.4 Å². The Balaban J connectivity index is 2.31. The molecule has 0 aliphatic carbocycles. The van der Waals surface area contributed by atoms with Crippen LogP contribution in [0.1, 0.15) is 0 Å². The van der Waals surface area contributed by atoms with Crippen molar-refractivity contribution in [1.29, 1.82) is 0 Å². The molecule has 0 bridgehead atoms. The van der Waals surface area contributed by atoms with E-state index in [0.717, 1.165) is 5.52 Å². The molecule has 0 atom stereocenters. The third-order valence-electron chi connectivity index (χ3n) is 2.93. The van der Waals surface area contributed by atoms with Crippen molar-refractivity contribution in [1.82, 2.24) is 15.0 Å². The second kappa shape index (κ2) is 4.29. The van der Waals surface area contributed by atoms with Crippen molar-refractivity contribution in [2.45, 2.75) is 4.90 Å². The van der Waals surface area contributed by atoms with Crippen LogP contribution in [0.3, 0.4) is 0 Å². The topological polar surface area (TPSA) is 117 Å². The molecule has 8 heteroatoms. The molecule has 0 fully saturated rings. The number of fused-ring (bicyclic) bond motifs is 1. The Kier molecular flexibility index (Phi) is 2.70. The first-order valence-electron chi connectivity index (χ1n) is 5.70. The maximum Gasteiger partial charge on any atom is 0.240 e. The van der Waals surface area contributed by atoms with E-state index in [0.29, 0.717) is 11.2 Å². The number of benzene rings is 2. The summed E-state index contributed by atoms with van der Waals surface area (Å²) in [5.41, 5.74) is 7.79. The predicted molar refractivity (Wildman–Crippen MR) is 74.7 cm³/mol. The van der Waals surface area contributed by atoms with E-state index in [4.69, 9.17) is 10.9 Å². The van der Waals surface area contributed by atoms with E-state index >= 15 is 0 Å². The van der Waals surface area contributed by atoms with Crippen LogP contribution in [-0.2, 0) is 10.0 Å². The summed E-state index contributed by atoms with van der Waals surface area (Å²) in [6.45, 7) is 0. The summed E-state index contributed by atoms with van der Waals surface area (Å²) >= 11 is 0. The molecule has 0 aliphatic heterocycles. The maximum atomic E-state index is 11.5. The van der Waals surface area contributed by atoms with Crippen molar-refractivity contribution >= 4 is 26.7 Å². The molecule has 0 amide bonds. The van der Waals surface area contributed by atoms with Crippen molar-refractivity contribution in [3.63, 3.8) is 0 Å². The summed E-state index contributed by atoms with van der Waals surface area (Å²) in [5.74, 6) is 0. The molecule has 0 unspecified atom stereocenters. The fourth-order valence-electron chi connectivity index (χ4n) is 2.01. The summed E-state index contributed by atoms with van der Waals surface area (Å²) in [4.78, 5) is -0.130. The minimum Gasteiger partial charge on any atom is -0.396 e. The number of primary sulfonamides is 1. The van der Waals surface area contributed by atoms with Gasteiger partial charge in [0.1, 0.15) is 10.4 Å². The molecule has 4 N–H and O–H groups in total. The molecule has 0 saturated heterocycles. The number of nitrogens with zero attached hydrogens (tertiary/aromatic N) is 3. The summed E-state index contributed by atoms with van der Waals surface area (Å²) in [5, 5.41) is 13.1. The molecule has 1 heterocycles. The molecule has 7 nitrogen and oxygen atoms in total. The lowest BCUT2D eigenvalue weighted by Crippen LogP contribution is -2.15. The van der Waals surface area contributed by atoms with Crippen LogP contribution in [0.25, 0.3) is 16.7 Å². The second-order valence-corrected chi connectivity index (χ2v) is 5.75. The van der Waals surface area contributed by atoms with Crippen LogP contribution in [0.5, 0.6) is 0 Å². The molecule has 0 aliphatic rings. The lowest BCUT2D eigenvalue weighted by Gasteiger charge is -2.09. The standard InChI is InChI=1S/C12H11N5O2S/c13-12-10(6-3-7-11(12)20(14,18)19)17-9-5-2-1-4-8(9)15-16-17/h1-7H,13H2,(H2,14,18,19). The first kappa shape index (κ1) is 12.6. The lowest BCUT2D eigenvalue weighted by molar-refractivity contribution is 0.598. The zero-order valence-corrected chi connectivity index (χ0v) is 11.1. The smallest absolute Gasteiger partial charge is 0.240 e. The Morgan fingerprint density at radius 2 is 1.80 bits per heavy atom. The van der Waals surface area contributed by atoms with Gasteiger partial charge in [0.15, 0.2) is 0 Å². The first-order chi connectivity index (χ1) is 9.48. The van der Waals surface area contributed by atoms with Crippen LogP contribution >= 0.6 is 0 Å². The summed E-state index contributed by atoms with van der Waals surface area (Å²) in [7, 11) is -3.89. The summed E-state index contributed by atoms with van der Waals surface area (Å²) in [6, 6.07) is 11.9. The monoisotopic (exact) mass is 289 g/mol. The number of anilines is 1. The minimum absolute atomic E-state index is 0.0469. The molecule has 20 heavy (non-hydrogen) atoms. The summed E-state index contributed by atoms with van der Waals surface area (Å²) in [6.07, 6.45) is 0. The molecule has 3 aromatic rings. The Labute approximate surface area is 114 Å². The van der Waals surface area contributed by atoms with Crippen LogP contribution in [0, 0.1) is 0 Å². The van der Waals surface area contributed by atoms with E-state index in [1.54, 1.807) is 18.2 Å². The number of hydrogen-bond acceptors (Lipinski definition) is 5. The first-order valence-corrected chi connectivity index (χ1v) is 7.25. The molecular formula is C12H11N5O2S. The molecule has 0 spiro atoms. The third kappa shape index (κ3) is 1.91. The average molecular weight is 289 g/mol. The van der Waals surface area contributed by atoms with Gasteiger partial charge in [-0.15, -0.1) is 5.10 Å². The maximum absolute atomic E-state index is 11.5. The van der Waals surface area contributed by atoms with Crippen molar-refractivity contribution in [2.24, 2.45) is 5.14 Å². The van der Waals surface area contributed by atoms with Crippen LogP contribution < -0.4 is 10.9 Å². The fraction of sp³-hybridized carbons (Fsp3) is 0. The number of rotatable bonds is 2. The zero-order chi connectivity index (χ0) is 14.3. The number of sulfonamides is 1. The highest BCUT2D eigenvalue weighted by Crippen LogP contribution is 2.26. The SMILES string of the molecule is Nc1c(-n2nnc3ccccc32)cccc1S(N)(=O)=O. The molecule has 0 radical (unpaired) electrons. The van der Waals surface area contributed by atoms with Crippen LogP contribution in [0.4, 0.5) is 5.69 Å². The molecule has 3 rings (SSSR count). The van der Waals surface area contributed by atoms with Crippen LogP contribution in [0.2, 0.25) is 0 Å². The zero-order valence-electron chi connectivity index (χ0n) is 10.3. The van der Waals surface area contributed by atoms with Gasteiger partial charge in [-0.05, 0) is 24.3 Å². The number of para-hydroxylation sites is 2. The lowest BCUT2D eigenvalue weighted by atomic mass is 10.2. The van der Waals surface area contributed by atoms with E-state index in [9.17, 15) is 8.42 Å². The third-order valence-corrected chi connectivity index (χ3v) is 3.90. The Morgan fingerprint density at radius 3 is 2.55 bits per heavy atom. The Hall–Kier alpha value is -2.45. The molecule has 1 aromatic heterocycles. The highest BCUT2D eigenvalue weighted by atomic mass is 32.2. The molecule has 0 saturated carbocycles. The van der Waals surface area contributed by atoms with Crippen LogP contribution in [-0.4, -0.2) is 23.4 Å². The van der Waals surface area contributed by atoms with Gasteiger partial charge < -0.3 is 5.73 Å². The van der Waals surface area contributed by atoms with Crippen molar-refractivity contribution < 1.29 is 8.42 Å². The molecule has 102 valence electrons. The Bertz CT molecular complexity index is 901. The number of nitrogens with two attached hydrogens (primary N) is 2. The number of hydrogen-bond donors (Lipinski definition) is 2. The number of nitrogen functional groups attached to an aromatic ring is 1.